The summed E-state index contributed by atoms with van der Waals surface area (Å²) in [7, 11) is 1.73. The average molecular weight is 184 g/mol. The number of rotatable bonds is 5. The monoisotopic (exact) mass is 184 g/mol. The number of fused-ring (bicyclic) bond motifs is 2. The summed E-state index contributed by atoms with van der Waals surface area (Å²) in [6.07, 6.45) is 3.37. The zero-order valence-electron chi connectivity index (χ0n) is 8.29. The van der Waals surface area contributed by atoms with Crippen molar-refractivity contribution in [1.29, 1.82) is 0 Å². The minimum Gasteiger partial charge on any atom is -0.385 e. The highest BCUT2D eigenvalue weighted by Crippen LogP contribution is 2.38. The lowest BCUT2D eigenvalue weighted by Crippen LogP contribution is -2.29. The van der Waals surface area contributed by atoms with Gasteiger partial charge in [-0.3, -0.25) is 4.90 Å². The predicted octanol–water partition coefficient (Wildman–Crippen LogP) is 1.05. The first-order valence-electron chi connectivity index (χ1n) is 5.08. The minimum atomic E-state index is 0.105. The molecule has 0 amide bonds. The molecule has 0 aliphatic carbocycles. The molecule has 1 radical (unpaired) electrons. The van der Waals surface area contributed by atoms with Crippen LogP contribution in [-0.4, -0.2) is 43.9 Å². The van der Waals surface area contributed by atoms with E-state index in [2.05, 4.69) is 11.4 Å². The molecule has 0 aromatic carbocycles. The molecule has 2 heterocycles. The van der Waals surface area contributed by atoms with Crippen molar-refractivity contribution >= 4 is 0 Å². The molecule has 3 nitrogen and oxygen atoms in total. The summed E-state index contributed by atoms with van der Waals surface area (Å²) in [6, 6.07) is 0. The number of methoxy groups -OCH3 is 1. The lowest BCUT2D eigenvalue weighted by Gasteiger charge is -2.25. The summed E-state index contributed by atoms with van der Waals surface area (Å²) in [5.41, 5.74) is 0.105. The lowest BCUT2D eigenvalue weighted by atomic mass is 10.00. The Hall–Kier alpha value is -0.120. The zero-order valence-corrected chi connectivity index (χ0v) is 8.29. The summed E-state index contributed by atoms with van der Waals surface area (Å²) in [5, 5.41) is 0. The molecule has 2 aliphatic heterocycles. The molecule has 2 rings (SSSR count). The van der Waals surface area contributed by atoms with Crippen LogP contribution in [0.15, 0.2) is 0 Å². The van der Waals surface area contributed by atoms with Crippen molar-refractivity contribution < 1.29 is 9.47 Å². The van der Waals surface area contributed by atoms with E-state index in [0.717, 1.165) is 19.6 Å². The molecule has 0 saturated carbocycles. The van der Waals surface area contributed by atoms with Gasteiger partial charge in [-0.25, -0.2) is 0 Å². The molecule has 2 saturated heterocycles. The van der Waals surface area contributed by atoms with Crippen LogP contribution in [0.25, 0.3) is 0 Å². The maximum Gasteiger partial charge on any atom is 0.0877 e. The molecular weight excluding hydrogens is 166 g/mol. The van der Waals surface area contributed by atoms with Crippen LogP contribution >= 0.6 is 0 Å². The van der Waals surface area contributed by atoms with E-state index in [9.17, 15) is 0 Å². The fraction of sp³-hybridized carbons (Fsp3) is 0.900. The van der Waals surface area contributed by atoms with E-state index in [-0.39, 0.29) is 5.60 Å². The Kier molecular flexibility index (Phi) is 2.86. The van der Waals surface area contributed by atoms with Crippen LogP contribution < -0.4 is 0 Å². The van der Waals surface area contributed by atoms with Crippen molar-refractivity contribution in [1.82, 2.24) is 4.90 Å². The molecule has 13 heavy (non-hydrogen) atoms. The number of ether oxygens (including phenoxy) is 2. The fourth-order valence-corrected chi connectivity index (χ4v) is 2.15. The van der Waals surface area contributed by atoms with Crippen LogP contribution in [0.1, 0.15) is 19.3 Å². The van der Waals surface area contributed by atoms with E-state index < -0.39 is 0 Å². The number of hydrogen-bond acceptors (Lipinski definition) is 3. The van der Waals surface area contributed by atoms with Gasteiger partial charge in [0.2, 0.25) is 0 Å². The summed E-state index contributed by atoms with van der Waals surface area (Å²) < 4.78 is 10.9. The second kappa shape index (κ2) is 3.95. The van der Waals surface area contributed by atoms with Gasteiger partial charge in [0.15, 0.2) is 0 Å². The summed E-state index contributed by atoms with van der Waals surface area (Å²) in [6.45, 7) is 6.28. The van der Waals surface area contributed by atoms with Crippen LogP contribution in [0, 0.1) is 6.54 Å². The van der Waals surface area contributed by atoms with E-state index in [1.165, 1.54) is 25.9 Å². The highest BCUT2D eigenvalue weighted by molar-refractivity contribution is 5.07. The molecule has 75 valence electrons. The Balaban J connectivity index is 1.69. The van der Waals surface area contributed by atoms with Crippen molar-refractivity contribution in [2.24, 2.45) is 0 Å². The van der Waals surface area contributed by atoms with Gasteiger partial charge in [0.1, 0.15) is 0 Å². The Morgan fingerprint density at radius 3 is 2.62 bits per heavy atom. The first kappa shape index (κ1) is 9.44. The first-order valence-corrected chi connectivity index (χ1v) is 5.08. The molecule has 0 N–H and O–H groups in total. The summed E-state index contributed by atoms with van der Waals surface area (Å²) in [4.78, 5) is 2.37. The van der Waals surface area contributed by atoms with Gasteiger partial charge in [0, 0.05) is 33.4 Å². The molecule has 0 spiro atoms. The maximum atomic E-state index is 5.91. The van der Waals surface area contributed by atoms with Crippen molar-refractivity contribution in [3.63, 3.8) is 0 Å². The summed E-state index contributed by atoms with van der Waals surface area (Å²) >= 11 is 0. The Morgan fingerprint density at radius 1 is 1.31 bits per heavy atom. The molecule has 0 unspecified atom stereocenters. The van der Waals surface area contributed by atoms with Gasteiger partial charge in [0.25, 0.3) is 0 Å². The third-order valence-corrected chi connectivity index (χ3v) is 2.94. The smallest absolute Gasteiger partial charge is 0.0877 e. The maximum absolute atomic E-state index is 5.91. The minimum absolute atomic E-state index is 0.105. The van der Waals surface area contributed by atoms with Gasteiger partial charge in [-0.2, -0.15) is 0 Å². The Morgan fingerprint density at radius 2 is 2.08 bits per heavy atom. The quantitative estimate of drug-likeness (QED) is 0.596. The van der Waals surface area contributed by atoms with Crippen molar-refractivity contribution in [2.75, 3.05) is 33.4 Å². The van der Waals surface area contributed by atoms with Gasteiger partial charge in [0.05, 0.1) is 12.1 Å². The van der Waals surface area contributed by atoms with Gasteiger partial charge in [-0.1, -0.05) is 0 Å². The Labute approximate surface area is 80.0 Å². The third kappa shape index (κ3) is 2.03. The molecule has 3 heteroatoms. The highest BCUT2D eigenvalue weighted by atomic mass is 16.5. The molecule has 0 atom stereocenters. The van der Waals surface area contributed by atoms with Gasteiger partial charge in [-0.15, -0.1) is 0 Å². The van der Waals surface area contributed by atoms with Crippen LogP contribution in [0.4, 0.5) is 0 Å². The summed E-state index contributed by atoms with van der Waals surface area (Å²) in [5.74, 6) is 0. The first-order chi connectivity index (χ1) is 6.35. The molecular formula is C10H18NO2. The van der Waals surface area contributed by atoms with Gasteiger partial charge >= 0.3 is 0 Å². The van der Waals surface area contributed by atoms with Crippen LogP contribution in [-0.2, 0) is 9.47 Å². The topological polar surface area (TPSA) is 21.7 Å². The third-order valence-electron chi connectivity index (χ3n) is 2.94. The van der Waals surface area contributed by atoms with E-state index >= 15 is 0 Å². The van der Waals surface area contributed by atoms with Gasteiger partial charge in [-0.05, 0) is 19.3 Å². The van der Waals surface area contributed by atoms with E-state index in [0.29, 0.717) is 0 Å². The second-order valence-electron chi connectivity index (χ2n) is 3.92. The van der Waals surface area contributed by atoms with Crippen LogP contribution in [0.3, 0.4) is 0 Å². The standard InChI is InChI=1S/C10H18NO2/c1-12-7-2-8-13-10-3-5-11(9-10)6-4-10/h9H,2-8H2,1H3. The van der Waals surface area contributed by atoms with Crippen molar-refractivity contribution in [3.8, 4) is 0 Å². The average Bonchev–Trinajstić information content (AvgIpc) is 2.72. The molecule has 0 aromatic rings. The number of nitrogens with zero attached hydrogens (tertiary/aromatic N) is 1. The van der Waals surface area contributed by atoms with Gasteiger partial charge < -0.3 is 9.47 Å². The normalized spacial score (nSPS) is 37.2. The SMILES string of the molecule is COCCCOC12[CH]N(CC1)CC2. The van der Waals surface area contributed by atoms with Crippen molar-refractivity contribution in [2.45, 2.75) is 24.9 Å². The Bertz CT molecular complexity index is 164. The van der Waals surface area contributed by atoms with E-state index in [1.54, 1.807) is 7.11 Å². The van der Waals surface area contributed by atoms with Crippen molar-refractivity contribution in [3.05, 3.63) is 6.54 Å². The zero-order chi connectivity index (χ0) is 9.15. The fourth-order valence-electron chi connectivity index (χ4n) is 2.15. The molecule has 2 bridgehead atoms. The number of hydrogen-bond donors (Lipinski definition) is 0. The molecule has 2 aliphatic rings. The lowest BCUT2D eigenvalue weighted by molar-refractivity contribution is -0.0203. The second-order valence-corrected chi connectivity index (χ2v) is 3.92. The van der Waals surface area contributed by atoms with E-state index in [1.807, 2.05) is 0 Å². The largest absolute Gasteiger partial charge is 0.385 e. The number of piperidine rings is 1. The predicted molar refractivity (Wildman–Crippen MR) is 50.3 cm³/mol. The van der Waals surface area contributed by atoms with E-state index in [4.69, 9.17) is 9.47 Å². The molecule has 2 fully saturated rings. The van der Waals surface area contributed by atoms with Crippen LogP contribution in [0.2, 0.25) is 0 Å². The highest BCUT2D eigenvalue weighted by Gasteiger charge is 2.44. The molecule has 0 aromatic heterocycles. The van der Waals surface area contributed by atoms with Crippen LogP contribution in [0.5, 0.6) is 0 Å².